The summed E-state index contributed by atoms with van der Waals surface area (Å²) in [5.41, 5.74) is 13.6. The minimum absolute atomic E-state index is 0.0589. The van der Waals surface area contributed by atoms with Gasteiger partial charge in [-0.1, -0.05) is 35.4 Å². The normalized spacial score (nSPS) is 11.9. The number of nitrogen functional groups attached to an aromatic ring is 2. The van der Waals surface area contributed by atoms with Crippen LogP contribution in [0.15, 0.2) is 48.5 Å². The number of hydrogen-bond donors (Lipinski definition) is 4. The van der Waals surface area contributed by atoms with Gasteiger partial charge in [0.2, 0.25) is 11.6 Å². The summed E-state index contributed by atoms with van der Waals surface area (Å²) in [6.45, 7) is 4.19. The molecule has 0 saturated heterocycles. The molecule has 3 aromatic carbocycles. The Morgan fingerprint density at radius 1 is 0.571 bits per heavy atom. The first kappa shape index (κ1) is 19.0. The van der Waals surface area contributed by atoms with Crippen LogP contribution < -0.4 is 11.5 Å². The van der Waals surface area contributed by atoms with Gasteiger partial charge in [-0.15, -0.1) is 0 Å². The van der Waals surface area contributed by atoms with Crippen molar-refractivity contribution in [3.8, 4) is 11.5 Å². The number of phenolic OH excluding ortho intramolecular Hbond substituents is 2. The van der Waals surface area contributed by atoms with Crippen molar-refractivity contribution in [1.29, 1.82) is 0 Å². The zero-order chi connectivity index (χ0) is 20.6. The standard InChI is InChI=1S/C14H10N2O4.C8H10/c15-5-1-3-7(17)11-9(5)13(19)12-8(18)4-2-6(16)10(12)14(11)20;1-7-3-5-8(2)6-4-7/h1-4,17-18H,15-16H2;3-6H,1-2H3. The molecule has 6 N–H and O–H groups in total. The van der Waals surface area contributed by atoms with Gasteiger partial charge in [0.1, 0.15) is 11.5 Å². The van der Waals surface area contributed by atoms with Crippen LogP contribution in [0.3, 0.4) is 0 Å². The van der Waals surface area contributed by atoms with E-state index in [2.05, 4.69) is 38.1 Å². The number of hydrogen-bond acceptors (Lipinski definition) is 6. The quantitative estimate of drug-likeness (QED) is 0.275. The Hall–Kier alpha value is -3.80. The van der Waals surface area contributed by atoms with Crippen LogP contribution in [0.1, 0.15) is 43.0 Å². The third-order valence-electron chi connectivity index (χ3n) is 4.56. The molecule has 28 heavy (non-hydrogen) atoms. The lowest BCUT2D eigenvalue weighted by Gasteiger charge is -2.21. The number of ketones is 2. The molecular formula is C22H20N2O4. The van der Waals surface area contributed by atoms with Crippen LogP contribution in [0.4, 0.5) is 11.4 Å². The van der Waals surface area contributed by atoms with Gasteiger partial charge in [-0.3, -0.25) is 9.59 Å². The highest BCUT2D eigenvalue weighted by molar-refractivity contribution is 6.33. The summed E-state index contributed by atoms with van der Waals surface area (Å²) in [5.74, 6) is -1.96. The second kappa shape index (κ2) is 7.08. The molecule has 0 atom stereocenters. The number of nitrogens with two attached hydrogens (primary N) is 2. The summed E-state index contributed by atoms with van der Waals surface area (Å²) >= 11 is 0. The third kappa shape index (κ3) is 3.16. The SMILES string of the molecule is Cc1ccc(C)cc1.Nc1ccc(O)c2c1C(=O)c1c(O)ccc(N)c1C2=O. The second-order valence-corrected chi connectivity index (χ2v) is 6.66. The second-order valence-electron chi connectivity index (χ2n) is 6.66. The molecular weight excluding hydrogens is 356 g/mol. The average molecular weight is 376 g/mol. The first-order valence-electron chi connectivity index (χ1n) is 8.58. The summed E-state index contributed by atoms with van der Waals surface area (Å²) in [4.78, 5) is 24.9. The van der Waals surface area contributed by atoms with Crippen molar-refractivity contribution in [1.82, 2.24) is 0 Å². The zero-order valence-corrected chi connectivity index (χ0v) is 15.5. The molecule has 142 valence electrons. The fraction of sp³-hybridized carbons (Fsp3) is 0.0909. The molecule has 0 saturated carbocycles. The molecule has 0 spiro atoms. The van der Waals surface area contributed by atoms with Crippen molar-refractivity contribution >= 4 is 22.9 Å². The van der Waals surface area contributed by atoms with Gasteiger partial charge in [-0.2, -0.15) is 0 Å². The molecule has 6 heteroatoms. The number of carbonyl (C=O) groups excluding carboxylic acids is 2. The lowest BCUT2D eigenvalue weighted by molar-refractivity contribution is 0.0975. The van der Waals surface area contributed by atoms with E-state index in [9.17, 15) is 19.8 Å². The van der Waals surface area contributed by atoms with Gasteiger partial charge in [0.15, 0.2) is 0 Å². The molecule has 0 unspecified atom stereocenters. The van der Waals surface area contributed by atoms with E-state index in [1.807, 2.05) is 0 Å². The van der Waals surface area contributed by atoms with Crippen molar-refractivity contribution in [2.24, 2.45) is 0 Å². The number of rotatable bonds is 0. The smallest absolute Gasteiger partial charge is 0.200 e. The summed E-state index contributed by atoms with van der Waals surface area (Å²) in [6.07, 6.45) is 0. The Bertz CT molecular complexity index is 952. The van der Waals surface area contributed by atoms with E-state index in [1.54, 1.807) is 0 Å². The van der Waals surface area contributed by atoms with Gasteiger partial charge in [0, 0.05) is 11.4 Å². The number of fused-ring (bicyclic) bond motifs is 2. The fourth-order valence-electron chi connectivity index (χ4n) is 3.05. The molecule has 0 aliphatic heterocycles. The zero-order valence-electron chi connectivity index (χ0n) is 15.5. The largest absolute Gasteiger partial charge is 0.507 e. The Morgan fingerprint density at radius 2 is 0.893 bits per heavy atom. The minimum atomic E-state index is -0.632. The van der Waals surface area contributed by atoms with Gasteiger partial charge in [-0.05, 0) is 38.1 Å². The van der Waals surface area contributed by atoms with E-state index in [4.69, 9.17) is 11.5 Å². The van der Waals surface area contributed by atoms with Gasteiger partial charge in [-0.25, -0.2) is 0 Å². The molecule has 3 aromatic rings. The van der Waals surface area contributed by atoms with Crippen LogP contribution in [-0.4, -0.2) is 21.8 Å². The molecule has 0 amide bonds. The van der Waals surface area contributed by atoms with Crippen LogP contribution in [0.5, 0.6) is 11.5 Å². The van der Waals surface area contributed by atoms with Gasteiger partial charge in [0.25, 0.3) is 0 Å². The molecule has 1 aliphatic rings. The monoisotopic (exact) mass is 376 g/mol. The lowest BCUT2D eigenvalue weighted by Crippen LogP contribution is -2.24. The Labute approximate surface area is 162 Å². The first-order chi connectivity index (χ1) is 13.2. The number of benzene rings is 3. The predicted octanol–water partition coefficient (Wildman–Crippen LogP) is 3.34. The number of anilines is 2. The molecule has 0 aromatic heterocycles. The van der Waals surface area contributed by atoms with E-state index in [0.29, 0.717) is 0 Å². The van der Waals surface area contributed by atoms with E-state index in [1.165, 1.54) is 35.4 Å². The molecule has 0 bridgehead atoms. The van der Waals surface area contributed by atoms with Crippen molar-refractivity contribution in [2.45, 2.75) is 13.8 Å². The Kier molecular flexibility index (Phi) is 4.79. The number of aromatic hydroxyl groups is 2. The van der Waals surface area contributed by atoms with Gasteiger partial charge < -0.3 is 21.7 Å². The maximum absolute atomic E-state index is 12.4. The summed E-state index contributed by atoms with van der Waals surface area (Å²) in [7, 11) is 0. The minimum Gasteiger partial charge on any atom is -0.507 e. The third-order valence-corrected chi connectivity index (χ3v) is 4.56. The topological polar surface area (TPSA) is 127 Å². The van der Waals surface area contributed by atoms with Crippen molar-refractivity contribution < 1.29 is 19.8 Å². The molecule has 6 nitrogen and oxygen atoms in total. The Morgan fingerprint density at radius 3 is 1.21 bits per heavy atom. The van der Waals surface area contributed by atoms with Crippen LogP contribution in [-0.2, 0) is 0 Å². The van der Waals surface area contributed by atoms with Crippen molar-refractivity contribution in [3.05, 3.63) is 81.9 Å². The number of phenols is 2. The van der Waals surface area contributed by atoms with E-state index < -0.39 is 11.6 Å². The highest BCUT2D eigenvalue weighted by Crippen LogP contribution is 2.40. The summed E-state index contributed by atoms with van der Waals surface area (Å²) in [5, 5.41) is 19.6. The number of aryl methyl sites for hydroxylation is 2. The van der Waals surface area contributed by atoms with Crippen LogP contribution in [0, 0.1) is 13.8 Å². The molecule has 0 radical (unpaired) electrons. The van der Waals surface area contributed by atoms with Crippen molar-refractivity contribution in [2.75, 3.05) is 11.5 Å². The molecule has 1 aliphatic carbocycles. The van der Waals surface area contributed by atoms with Gasteiger partial charge in [0.05, 0.1) is 22.3 Å². The van der Waals surface area contributed by atoms with E-state index in [0.717, 1.165) is 0 Å². The lowest BCUT2D eigenvalue weighted by atomic mass is 9.81. The van der Waals surface area contributed by atoms with E-state index in [-0.39, 0.29) is 45.1 Å². The predicted molar refractivity (Wildman–Crippen MR) is 108 cm³/mol. The highest BCUT2D eigenvalue weighted by atomic mass is 16.3. The highest BCUT2D eigenvalue weighted by Gasteiger charge is 2.36. The maximum atomic E-state index is 12.4. The Balaban J connectivity index is 0.000000236. The molecule has 0 heterocycles. The van der Waals surface area contributed by atoms with E-state index >= 15 is 0 Å². The van der Waals surface area contributed by atoms with Crippen LogP contribution in [0.2, 0.25) is 0 Å². The molecule has 4 rings (SSSR count). The first-order valence-corrected chi connectivity index (χ1v) is 8.58. The summed E-state index contributed by atoms with van der Waals surface area (Å²) in [6, 6.07) is 13.6. The van der Waals surface area contributed by atoms with Crippen LogP contribution >= 0.6 is 0 Å². The maximum Gasteiger partial charge on any atom is 0.200 e. The number of carbonyl (C=O) groups is 2. The fourth-order valence-corrected chi connectivity index (χ4v) is 3.05. The van der Waals surface area contributed by atoms with Gasteiger partial charge >= 0.3 is 0 Å². The summed E-state index contributed by atoms with van der Waals surface area (Å²) < 4.78 is 0. The average Bonchev–Trinajstić information content (AvgIpc) is 2.66. The van der Waals surface area contributed by atoms with Crippen LogP contribution in [0.25, 0.3) is 0 Å². The molecule has 0 fully saturated rings. The van der Waals surface area contributed by atoms with Crippen molar-refractivity contribution in [3.63, 3.8) is 0 Å².